The van der Waals surface area contributed by atoms with E-state index in [0.29, 0.717) is 19.1 Å². The minimum Gasteiger partial charge on any atom is -0.340 e. The summed E-state index contributed by atoms with van der Waals surface area (Å²) >= 11 is 0. The summed E-state index contributed by atoms with van der Waals surface area (Å²) in [6.07, 6.45) is 1.03. The SMILES string of the molecule is CC(C)N1CC(C(=O)N2CCN(CCc3ccccc3)CC2)C2NN(c3ccccc3)C(=O)C2C1. The summed E-state index contributed by atoms with van der Waals surface area (Å²) in [4.78, 5) is 34.0. The average Bonchev–Trinajstić information content (AvgIpc) is 3.24. The molecule has 3 fully saturated rings. The third kappa shape index (κ3) is 5.13. The van der Waals surface area contributed by atoms with Crippen LogP contribution >= 0.6 is 0 Å². The number of hydrazine groups is 1. The Balaban J connectivity index is 1.24. The molecule has 1 N–H and O–H groups in total. The largest absolute Gasteiger partial charge is 0.340 e. The first-order valence-electron chi connectivity index (χ1n) is 13.0. The van der Waals surface area contributed by atoms with Gasteiger partial charge in [0.15, 0.2) is 0 Å². The summed E-state index contributed by atoms with van der Waals surface area (Å²) in [5.74, 6) is -0.199. The molecule has 2 aromatic carbocycles. The van der Waals surface area contributed by atoms with E-state index < -0.39 is 0 Å². The van der Waals surface area contributed by atoms with Crippen molar-refractivity contribution in [3.63, 3.8) is 0 Å². The first-order valence-corrected chi connectivity index (χ1v) is 13.0. The van der Waals surface area contributed by atoms with Crippen LogP contribution in [0.5, 0.6) is 0 Å². The monoisotopic (exact) mass is 475 g/mol. The number of rotatable bonds is 6. The van der Waals surface area contributed by atoms with Crippen LogP contribution in [0.1, 0.15) is 19.4 Å². The molecule has 3 unspecified atom stereocenters. The van der Waals surface area contributed by atoms with Crippen molar-refractivity contribution in [1.29, 1.82) is 0 Å². The minimum absolute atomic E-state index is 0.0649. The number of likely N-dealkylation sites (tertiary alicyclic amines) is 1. The number of piperazine rings is 1. The molecule has 2 amide bonds. The number of carbonyl (C=O) groups excluding carboxylic acids is 2. The molecule has 7 heteroatoms. The highest BCUT2D eigenvalue weighted by Gasteiger charge is 2.52. The lowest BCUT2D eigenvalue weighted by molar-refractivity contribution is -0.141. The molecule has 3 atom stereocenters. The molecule has 2 aromatic rings. The van der Waals surface area contributed by atoms with E-state index in [1.165, 1.54) is 5.56 Å². The lowest BCUT2D eigenvalue weighted by Gasteiger charge is -2.43. The van der Waals surface area contributed by atoms with Gasteiger partial charge in [-0.1, -0.05) is 48.5 Å². The summed E-state index contributed by atoms with van der Waals surface area (Å²) in [7, 11) is 0. The number of nitrogens with one attached hydrogen (secondary N) is 1. The topological polar surface area (TPSA) is 59.1 Å². The van der Waals surface area contributed by atoms with Gasteiger partial charge in [0.25, 0.3) is 0 Å². The maximum atomic E-state index is 13.8. The standard InChI is InChI=1S/C28H37N5O2/c1-21(2)32-19-24(26-25(20-32)28(35)33(29-26)23-11-7-4-8-12-23)27(34)31-17-15-30(16-18-31)14-13-22-9-5-3-6-10-22/h3-12,21,24-26,29H,13-20H2,1-2H3. The molecule has 35 heavy (non-hydrogen) atoms. The molecule has 3 saturated heterocycles. The van der Waals surface area contributed by atoms with Crippen molar-refractivity contribution >= 4 is 17.5 Å². The van der Waals surface area contributed by atoms with E-state index in [0.717, 1.165) is 44.8 Å². The van der Waals surface area contributed by atoms with Crippen molar-refractivity contribution in [2.45, 2.75) is 32.4 Å². The number of para-hydroxylation sites is 1. The molecular weight excluding hydrogens is 438 g/mol. The van der Waals surface area contributed by atoms with Crippen LogP contribution in [-0.4, -0.2) is 84.4 Å². The quantitative estimate of drug-likeness (QED) is 0.695. The summed E-state index contributed by atoms with van der Waals surface area (Å²) in [6.45, 7) is 9.99. The molecule has 5 rings (SSSR count). The predicted octanol–water partition coefficient (Wildman–Crippen LogP) is 2.25. The number of hydrogen-bond acceptors (Lipinski definition) is 5. The van der Waals surface area contributed by atoms with E-state index in [1.54, 1.807) is 5.01 Å². The first-order chi connectivity index (χ1) is 17.0. The third-order valence-corrected chi connectivity index (χ3v) is 7.85. The van der Waals surface area contributed by atoms with Gasteiger partial charge in [-0.25, -0.2) is 10.4 Å². The van der Waals surface area contributed by atoms with Gasteiger partial charge in [0, 0.05) is 51.9 Å². The van der Waals surface area contributed by atoms with Gasteiger partial charge < -0.3 is 4.90 Å². The fourth-order valence-corrected chi connectivity index (χ4v) is 5.67. The highest BCUT2D eigenvalue weighted by atomic mass is 16.2. The van der Waals surface area contributed by atoms with Crippen LogP contribution in [0.25, 0.3) is 0 Å². The number of benzene rings is 2. The summed E-state index contributed by atoms with van der Waals surface area (Å²) in [5.41, 5.74) is 5.62. The second-order valence-electron chi connectivity index (χ2n) is 10.3. The van der Waals surface area contributed by atoms with Gasteiger partial charge in [0.05, 0.1) is 23.6 Å². The third-order valence-electron chi connectivity index (χ3n) is 7.85. The number of nitrogens with zero attached hydrogens (tertiary/aromatic N) is 4. The Hall–Kier alpha value is -2.74. The van der Waals surface area contributed by atoms with Gasteiger partial charge in [-0.15, -0.1) is 0 Å². The van der Waals surface area contributed by atoms with Gasteiger partial charge in [-0.05, 0) is 38.0 Å². The Morgan fingerprint density at radius 3 is 2.26 bits per heavy atom. The zero-order valence-electron chi connectivity index (χ0n) is 20.8. The molecule has 0 aliphatic carbocycles. The fourth-order valence-electron chi connectivity index (χ4n) is 5.67. The van der Waals surface area contributed by atoms with Crippen LogP contribution < -0.4 is 10.4 Å². The normalized spacial score (nSPS) is 25.8. The second-order valence-corrected chi connectivity index (χ2v) is 10.3. The highest BCUT2D eigenvalue weighted by molar-refractivity contribution is 5.98. The van der Waals surface area contributed by atoms with Crippen molar-refractivity contribution in [2.24, 2.45) is 11.8 Å². The van der Waals surface area contributed by atoms with Crippen LogP contribution in [-0.2, 0) is 16.0 Å². The van der Waals surface area contributed by atoms with E-state index in [2.05, 4.69) is 59.4 Å². The molecule has 0 spiro atoms. The van der Waals surface area contributed by atoms with Crippen LogP contribution in [0.4, 0.5) is 5.69 Å². The number of fused-ring (bicyclic) bond motifs is 1. The highest BCUT2D eigenvalue weighted by Crippen LogP contribution is 2.33. The second kappa shape index (κ2) is 10.5. The molecule has 3 heterocycles. The van der Waals surface area contributed by atoms with Crippen LogP contribution in [0.15, 0.2) is 60.7 Å². The fraction of sp³-hybridized carbons (Fsp3) is 0.500. The van der Waals surface area contributed by atoms with E-state index in [4.69, 9.17) is 0 Å². The zero-order valence-corrected chi connectivity index (χ0v) is 20.8. The minimum atomic E-state index is -0.232. The number of amides is 2. The van der Waals surface area contributed by atoms with E-state index in [-0.39, 0.29) is 29.7 Å². The molecule has 7 nitrogen and oxygen atoms in total. The average molecular weight is 476 g/mol. The van der Waals surface area contributed by atoms with Crippen molar-refractivity contribution < 1.29 is 9.59 Å². The Labute approximate surface area is 208 Å². The van der Waals surface area contributed by atoms with Crippen LogP contribution in [0.2, 0.25) is 0 Å². The lowest BCUT2D eigenvalue weighted by Crippen LogP contribution is -2.60. The molecule has 0 saturated carbocycles. The Morgan fingerprint density at radius 1 is 0.943 bits per heavy atom. The molecular formula is C28H37N5O2. The van der Waals surface area contributed by atoms with Gasteiger partial charge >= 0.3 is 0 Å². The molecule has 0 aromatic heterocycles. The number of anilines is 1. The van der Waals surface area contributed by atoms with Gasteiger partial charge in [-0.3, -0.25) is 19.4 Å². The summed E-state index contributed by atoms with van der Waals surface area (Å²) in [5, 5.41) is 1.67. The van der Waals surface area contributed by atoms with Crippen LogP contribution in [0, 0.1) is 11.8 Å². The van der Waals surface area contributed by atoms with E-state index in [9.17, 15) is 9.59 Å². The van der Waals surface area contributed by atoms with Gasteiger partial charge in [-0.2, -0.15) is 0 Å². The Kier molecular flexibility index (Phi) is 7.18. The molecule has 3 aliphatic heterocycles. The Bertz CT molecular complexity index is 1010. The molecule has 186 valence electrons. The molecule has 0 radical (unpaired) electrons. The number of hydrogen-bond donors (Lipinski definition) is 1. The van der Waals surface area contributed by atoms with Gasteiger partial charge in [0.1, 0.15) is 0 Å². The van der Waals surface area contributed by atoms with E-state index >= 15 is 0 Å². The predicted molar refractivity (Wildman–Crippen MR) is 138 cm³/mol. The lowest BCUT2D eigenvalue weighted by atomic mass is 9.83. The van der Waals surface area contributed by atoms with Crippen molar-refractivity contribution in [1.82, 2.24) is 20.1 Å². The first kappa shape index (κ1) is 24.0. The number of carbonyl (C=O) groups is 2. The molecule has 3 aliphatic rings. The smallest absolute Gasteiger partial charge is 0.247 e. The van der Waals surface area contributed by atoms with Crippen molar-refractivity contribution in [3.05, 3.63) is 66.2 Å². The van der Waals surface area contributed by atoms with Gasteiger partial charge in [0.2, 0.25) is 11.8 Å². The zero-order chi connectivity index (χ0) is 24.4. The van der Waals surface area contributed by atoms with Crippen molar-refractivity contribution in [3.8, 4) is 0 Å². The Morgan fingerprint density at radius 2 is 1.60 bits per heavy atom. The van der Waals surface area contributed by atoms with Crippen molar-refractivity contribution in [2.75, 3.05) is 50.8 Å². The molecule has 0 bridgehead atoms. The number of piperidine rings is 1. The maximum Gasteiger partial charge on any atom is 0.247 e. The summed E-state index contributed by atoms with van der Waals surface area (Å²) < 4.78 is 0. The van der Waals surface area contributed by atoms with Crippen LogP contribution in [0.3, 0.4) is 0 Å². The summed E-state index contributed by atoms with van der Waals surface area (Å²) in [6, 6.07) is 20.4. The maximum absolute atomic E-state index is 13.8. The van der Waals surface area contributed by atoms with E-state index in [1.807, 2.05) is 35.2 Å².